The van der Waals surface area contributed by atoms with Crippen LogP contribution in [-0.4, -0.2) is 35.9 Å². The largest absolute Gasteiger partial charge is 0.482 e. The molecule has 0 aliphatic heterocycles. The Morgan fingerprint density at radius 2 is 1.77 bits per heavy atom. The van der Waals surface area contributed by atoms with Crippen LogP contribution in [0.25, 0.3) is 0 Å². The van der Waals surface area contributed by atoms with Crippen molar-refractivity contribution in [3.05, 3.63) is 61.5 Å². The SMILES string of the molecule is CCCNC(=O)[C@H](CC)N(Cc1c(Cl)cccc1Cl)C(=O)COc1ccc(Br)cc1Cl. The van der Waals surface area contributed by atoms with E-state index in [9.17, 15) is 9.59 Å². The van der Waals surface area contributed by atoms with Gasteiger partial charge in [0.15, 0.2) is 6.61 Å². The van der Waals surface area contributed by atoms with Crippen LogP contribution in [0.3, 0.4) is 0 Å². The Morgan fingerprint density at radius 1 is 1.10 bits per heavy atom. The van der Waals surface area contributed by atoms with E-state index in [1.165, 1.54) is 4.90 Å². The van der Waals surface area contributed by atoms with Gasteiger partial charge in [0.2, 0.25) is 5.91 Å². The molecule has 0 aromatic heterocycles. The van der Waals surface area contributed by atoms with E-state index in [4.69, 9.17) is 39.5 Å². The van der Waals surface area contributed by atoms with Crippen LogP contribution in [0.2, 0.25) is 15.1 Å². The molecule has 31 heavy (non-hydrogen) atoms. The van der Waals surface area contributed by atoms with E-state index in [1.54, 1.807) is 36.4 Å². The van der Waals surface area contributed by atoms with Gasteiger partial charge in [0, 0.05) is 33.2 Å². The van der Waals surface area contributed by atoms with Crippen LogP contribution in [-0.2, 0) is 16.1 Å². The Bertz CT molecular complexity index is 907. The molecule has 0 aliphatic rings. The van der Waals surface area contributed by atoms with E-state index in [1.807, 2.05) is 13.8 Å². The highest BCUT2D eigenvalue weighted by atomic mass is 79.9. The minimum absolute atomic E-state index is 0.0762. The van der Waals surface area contributed by atoms with Gasteiger partial charge in [-0.15, -0.1) is 0 Å². The smallest absolute Gasteiger partial charge is 0.261 e. The number of hydrogen-bond donors (Lipinski definition) is 1. The van der Waals surface area contributed by atoms with Crippen molar-refractivity contribution in [2.45, 2.75) is 39.3 Å². The topological polar surface area (TPSA) is 58.6 Å². The normalized spacial score (nSPS) is 11.7. The Labute approximate surface area is 206 Å². The summed E-state index contributed by atoms with van der Waals surface area (Å²) in [7, 11) is 0. The molecule has 0 spiro atoms. The Kier molecular flexibility index (Phi) is 10.4. The van der Waals surface area contributed by atoms with Crippen LogP contribution >= 0.6 is 50.7 Å². The van der Waals surface area contributed by atoms with E-state index in [-0.39, 0.29) is 25.0 Å². The molecule has 0 saturated heterocycles. The maximum atomic E-state index is 13.2. The lowest BCUT2D eigenvalue weighted by molar-refractivity contribution is -0.143. The summed E-state index contributed by atoms with van der Waals surface area (Å²) < 4.78 is 6.44. The number of amides is 2. The first-order valence-electron chi connectivity index (χ1n) is 9.86. The number of hydrogen-bond acceptors (Lipinski definition) is 3. The third-order valence-corrected chi connectivity index (χ3v) is 6.07. The van der Waals surface area contributed by atoms with Crippen LogP contribution in [0.15, 0.2) is 40.9 Å². The molecule has 2 aromatic carbocycles. The molecule has 0 aliphatic carbocycles. The second-order valence-electron chi connectivity index (χ2n) is 6.80. The minimum atomic E-state index is -0.699. The molecule has 1 atom stereocenters. The van der Waals surface area contributed by atoms with Crippen molar-refractivity contribution in [3.8, 4) is 5.75 Å². The lowest BCUT2D eigenvalue weighted by atomic mass is 10.1. The number of ether oxygens (including phenoxy) is 1. The van der Waals surface area contributed by atoms with Crippen LogP contribution in [0.5, 0.6) is 5.75 Å². The Hall–Kier alpha value is -1.47. The molecule has 9 heteroatoms. The van der Waals surface area contributed by atoms with Crippen LogP contribution < -0.4 is 10.1 Å². The average Bonchev–Trinajstić information content (AvgIpc) is 2.73. The lowest BCUT2D eigenvalue weighted by Gasteiger charge is -2.31. The summed E-state index contributed by atoms with van der Waals surface area (Å²) in [6.45, 7) is 4.11. The first-order valence-corrected chi connectivity index (χ1v) is 11.8. The van der Waals surface area contributed by atoms with E-state index < -0.39 is 6.04 Å². The van der Waals surface area contributed by atoms with Gasteiger partial charge in [0.25, 0.3) is 5.91 Å². The fourth-order valence-corrected chi connectivity index (χ4v) is 4.20. The molecule has 0 saturated carbocycles. The molecule has 2 aromatic rings. The van der Waals surface area contributed by atoms with Crippen molar-refractivity contribution in [1.29, 1.82) is 0 Å². The van der Waals surface area contributed by atoms with Crippen molar-refractivity contribution in [2.75, 3.05) is 13.2 Å². The summed E-state index contributed by atoms with van der Waals surface area (Å²) in [6.07, 6.45) is 1.21. The summed E-state index contributed by atoms with van der Waals surface area (Å²) in [5.41, 5.74) is 0.572. The zero-order valence-electron chi connectivity index (χ0n) is 17.3. The summed E-state index contributed by atoms with van der Waals surface area (Å²) in [5, 5.41) is 4.07. The van der Waals surface area contributed by atoms with E-state index in [2.05, 4.69) is 21.2 Å². The number of nitrogens with one attached hydrogen (secondary N) is 1. The first kappa shape index (κ1) is 25.8. The summed E-state index contributed by atoms with van der Waals surface area (Å²) >= 11 is 22.2. The highest BCUT2D eigenvalue weighted by Gasteiger charge is 2.30. The molecule has 0 unspecified atom stereocenters. The highest BCUT2D eigenvalue weighted by molar-refractivity contribution is 9.10. The molecular formula is C22H24BrCl3N2O3. The number of halogens is 4. The Balaban J connectivity index is 2.28. The van der Waals surface area contributed by atoms with E-state index in [0.29, 0.717) is 39.3 Å². The van der Waals surface area contributed by atoms with Gasteiger partial charge in [-0.05, 0) is 43.2 Å². The maximum absolute atomic E-state index is 13.2. The molecular weight excluding hydrogens is 527 g/mol. The van der Waals surface area contributed by atoms with Crippen molar-refractivity contribution < 1.29 is 14.3 Å². The maximum Gasteiger partial charge on any atom is 0.261 e. The fraction of sp³-hybridized carbons (Fsp3) is 0.364. The second-order valence-corrected chi connectivity index (χ2v) is 8.94. The standard InChI is InChI=1S/C22H24BrCl3N2O3/c1-3-10-27-22(30)19(4-2)28(12-15-16(24)6-5-7-17(15)25)21(29)13-31-20-9-8-14(23)11-18(20)26/h5-9,11,19H,3-4,10,12-13H2,1-2H3,(H,27,30)/t19-/m0/s1. The number of carbonyl (C=O) groups excluding carboxylic acids is 2. The second kappa shape index (κ2) is 12.5. The van der Waals surface area contributed by atoms with Crippen LogP contribution in [0.4, 0.5) is 0 Å². The van der Waals surface area contributed by atoms with Crippen LogP contribution in [0, 0.1) is 0 Å². The molecule has 2 rings (SSSR count). The lowest BCUT2D eigenvalue weighted by Crippen LogP contribution is -2.50. The van der Waals surface area contributed by atoms with E-state index >= 15 is 0 Å². The van der Waals surface area contributed by atoms with Gasteiger partial charge < -0.3 is 15.0 Å². The zero-order valence-corrected chi connectivity index (χ0v) is 21.1. The molecule has 0 fully saturated rings. The Morgan fingerprint density at radius 3 is 2.35 bits per heavy atom. The zero-order chi connectivity index (χ0) is 23.0. The third kappa shape index (κ3) is 7.28. The third-order valence-electron chi connectivity index (χ3n) is 4.57. The summed E-state index contributed by atoms with van der Waals surface area (Å²) in [5.74, 6) is -0.242. The van der Waals surface area contributed by atoms with Gasteiger partial charge in [-0.2, -0.15) is 0 Å². The molecule has 168 valence electrons. The van der Waals surface area contributed by atoms with Gasteiger partial charge >= 0.3 is 0 Å². The molecule has 0 radical (unpaired) electrons. The average molecular weight is 551 g/mol. The quantitative estimate of drug-likeness (QED) is 0.388. The molecule has 2 amide bonds. The number of nitrogens with zero attached hydrogens (tertiary/aromatic N) is 1. The van der Waals surface area contributed by atoms with Crippen LogP contribution in [0.1, 0.15) is 32.3 Å². The molecule has 0 heterocycles. The predicted molar refractivity (Wildman–Crippen MR) is 129 cm³/mol. The van der Waals surface area contributed by atoms with Gasteiger partial charge in [-0.25, -0.2) is 0 Å². The number of benzene rings is 2. The van der Waals surface area contributed by atoms with Crippen molar-refractivity contribution in [3.63, 3.8) is 0 Å². The molecule has 5 nitrogen and oxygen atoms in total. The monoisotopic (exact) mass is 548 g/mol. The van der Waals surface area contributed by atoms with Crippen molar-refractivity contribution >= 4 is 62.5 Å². The summed E-state index contributed by atoms with van der Waals surface area (Å²) in [4.78, 5) is 27.4. The summed E-state index contributed by atoms with van der Waals surface area (Å²) in [6, 6.07) is 9.53. The molecule has 0 bridgehead atoms. The predicted octanol–water partition coefficient (Wildman–Crippen LogP) is 6.12. The highest BCUT2D eigenvalue weighted by Crippen LogP contribution is 2.29. The minimum Gasteiger partial charge on any atom is -0.482 e. The van der Waals surface area contributed by atoms with Crippen molar-refractivity contribution in [1.82, 2.24) is 10.2 Å². The molecule has 1 N–H and O–H groups in total. The van der Waals surface area contributed by atoms with Gasteiger partial charge in [-0.3, -0.25) is 9.59 Å². The van der Waals surface area contributed by atoms with Gasteiger partial charge in [0.1, 0.15) is 11.8 Å². The number of carbonyl (C=O) groups is 2. The number of rotatable bonds is 10. The van der Waals surface area contributed by atoms with Crippen molar-refractivity contribution in [2.24, 2.45) is 0 Å². The first-order chi connectivity index (χ1) is 14.8. The fourth-order valence-electron chi connectivity index (χ4n) is 2.95. The van der Waals surface area contributed by atoms with Gasteiger partial charge in [-0.1, -0.05) is 70.6 Å². The van der Waals surface area contributed by atoms with Gasteiger partial charge in [0.05, 0.1) is 5.02 Å². The van der Waals surface area contributed by atoms with E-state index in [0.717, 1.165) is 10.9 Å².